The topological polar surface area (TPSA) is 46.2 Å². The van der Waals surface area contributed by atoms with Crippen LogP contribution in [-0.4, -0.2) is 19.6 Å². The quantitative estimate of drug-likeness (QED) is 0.410. The molecular formula is C26H26N4OS. The maximum atomic E-state index is 5.83. The second-order valence-electron chi connectivity index (χ2n) is 8.21. The number of furan rings is 1. The number of thiocarbonyl (C=S) groups is 1. The Bertz CT molecular complexity index is 1230. The number of para-hydroxylation sites is 1. The van der Waals surface area contributed by atoms with E-state index >= 15 is 0 Å². The first-order chi connectivity index (χ1) is 15.6. The molecule has 1 aliphatic heterocycles. The first-order valence-corrected chi connectivity index (χ1v) is 11.2. The average Bonchev–Trinajstić information content (AvgIpc) is 3.49. The van der Waals surface area contributed by atoms with Crippen LogP contribution in [0.2, 0.25) is 0 Å². The Morgan fingerprint density at radius 1 is 0.969 bits per heavy atom. The molecule has 5 nitrogen and oxygen atoms in total. The van der Waals surface area contributed by atoms with E-state index in [1.807, 2.05) is 36.5 Å². The number of nitrogens with one attached hydrogen (secondary N) is 1. The Kier molecular flexibility index (Phi) is 5.31. The third-order valence-electron chi connectivity index (χ3n) is 6.42. The smallest absolute Gasteiger partial charge is 0.170 e. The number of aromatic nitrogens is 2. The average molecular weight is 443 g/mol. The van der Waals surface area contributed by atoms with Crippen molar-refractivity contribution >= 4 is 17.3 Å². The van der Waals surface area contributed by atoms with E-state index in [0.29, 0.717) is 11.7 Å². The molecule has 1 N–H and O–H groups in total. The highest BCUT2D eigenvalue weighted by atomic mass is 32.1. The van der Waals surface area contributed by atoms with Gasteiger partial charge in [-0.2, -0.15) is 0 Å². The van der Waals surface area contributed by atoms with E-state index in [1.165, 1.54) is 22.5 Å². The van der Waals surface area contributed by atoms with Crippen molar-refractivity contribution in [1.29, 1.82) is 0 Å². The Morgan fingerprint density at radius 3 is 2.44 bits per heavy atom. The number of benzene rings is 1. The molecule has 4 aromatic rings. The maximum Gasteiger partial charge on any atom is 0.170 e. The Balaban J connectivity index is 1.67. The highest BCUT2D eigenvalue weighted by molar-refractivity contribution is 7.80. The zero-order valence-corrected chi connectivity index (χ0v) is 19.3. The molecule has 0 radical (unpaired) electrons. The SMILES string of the molecule is Cc1c(C2C(c3ccccn3)NC(=S)N2Cc2ccco2)c(C)n(-c2ccccc2)c1C. The number of pyridine rings is 1. The molecule has 1 fully saturated rings. The van der Waals surface area contributed by atoms with Crippen LogP contribution in [0.25, 0.3) is 5.69 Å². The number of hydrogen-bond donors (Lipinski definition) is 1. The minimum atomic E-state index is -0.0536. The molecule has 1 aliphatic rings. The summed E-state index contributed by atoms with van der Waals surface area (Å²) in [7, 11) is 0. The van der Waals surface area contributed by atoms with Gasteiger partial charge in [-0.1, -0.05) is 24.3 Å². The molecule has 162 valence electrons. The van der Waals surface area contributed by atoms with Crippen molar-refractivity contribution in [3.63, 3.8) is 0 Å². The molecule has 5 rings (SSSR count). The van der Waals surface area contributed by atoms with E-state index in [-0.39, 0.29) is 12.1 Å². The maximum absolute atomic E-state index is 5.83. The van der Waals surface area contributed by atoms with Crippen LogP contribution in [0.3, 0.4) is 0 Å². The van der Waals surface area contributed by atoms with Crippen LogP contribution in [0.1, 0.15) is 46.1 Å². The van der Waals surface area contributed by atoms with Gasteiger partial charge in [0.25, 0.3) is 0 Å². The largest absolute Gasteiger partial charge is 0.467 e. The van der Waals surface area contributed by atoms with Crippen molar-refractivity contribution in [3.05, 3.63) is 107 Å². The van der Waals surface area contributed by atoms with Crippen molar-refractivity contribution in [2.24, 2.45) is 0 Å². The monoisotopic (exact) mass is 442 g/mol. The van der Waals surface area contributed by atoms with Gasteiger partial charge in [-0.3, -0.25) is 4.98 Å². The van der Waals surface area contributed by atoms with Crippen LogP contribution in [0, 0.1) is 20.8 Å². The minimum absolute atomic E-state index is 0.00818. The van der Waals surface area contributed by atoms with Gasteiger partial charge in [-0.15, -0.1) is 0 Å². The van der Waals surface area contributed by atoms with Crippen molar-refractivity contribution in [2.75, 3.05) is 0 Å². The second-order valence-corrected chi connectivity index (χ2v) is 8.60. The minimum Gasteiger partial charge on any atom is -0.467 e. The molecule has 6 heteroatoms. The third kappa shape index (κ3) is 3.41. The molecule has 4 heterocycles. The third-order valence-corrected chi connectivity index (χ3v) is 6.77. The van der Waals surface area contributed by atoms with Crippen LogP contribution in [0.5, 0.6) is 0 Å². The predicted octanol–water partition coefficient (Wildman–Crippen LogP) is 5.56. The summed E-state index contributed by atoms with van der Waals surface area (Å²) in [5.41, 5.74) is 7.14. The molecule has 0 saturated carbocycles. The number of hydrogen-bond acceptors (Lipinski definition) is 3. The summed E-state index contributed by atoms with van der Waals surface area (Å²) in [6.45, 7) is 7.19. The van der Waals surface area contributed by atoms with Crippen LogP contribution < -0.4 is 5.32 Å². The Morgan fingerprint density at radius 2 is 1.75 bits per heavy atom. The zero-order valence-electron chi connectivity index (χ0n) is 18.4. The second kappa shape index (κ2) is 8.28. The van der Waals surface area contributed by atoms with E-state index in [0.717, 1.165) is 17.1 Å². The molecular weight excluding hydrogens is 416 g/mol. The molecule has 1 saturated heterocycles. The van der Waals surface area contributed by atoms with E-state index in [9.17, 15) is 0 Å². The lowest BCUT2D eigenvalue weighted by Crippen LogP contribution is -2.29. The van der Waals surface area contributed by atoms with E-state index in [1.54, 1.807) is 6.26 Å². The normalized spacial score (nSPS) is 18.2. The Labute approximate surface area is 193 Å². The summed E-state index contributed by atoms with van der Waals surface area (Å²) >= 11 is 5.83. The molecule has 0 bridgehead atoms. The molecule has 0 spiro atoms. The van der Waals surface area contributed by atoms with Gasteiger partial charge in [-0.25, -0.2) is 0 Å². The molecule has 32 heavy (non-hydrogen) atoms. The van der Waals surface area contributed by atoms with Gasteiger partial charge in [-0.05, 0) is 75.0 Å². The van der Waals surface area contributed by atoms with E-state index in [2.05, 4.69) is 70.9 Å². The van der Waals surface area contributed by atoms with Gasteiger partial charge in [0.1, 0.15) is 5.76 Å². The molecule has 2 atom stereocenters. The summed E-state index contributed by atoms with van der Waals surface area (Å²) in [5, 5.41) is 4.26. The van der Waals surface area contributed by atoms with Crippen LogP contribution >= 0.6 is 12.2 Å². The van der Waals surface area contributed by atoms with Gasteiger partial charge in [0.2, 0.25) is 0 Å². The molecule has 3 aromatic heterocycles. The fourth-order valence-corrected chi connectivity index (χ4v) is 5.17. The van der Waals surface area contributed by atoms with Crippen molar-refractivity contribution in [3.8, 4) is 5.69 Å². The fraction of sp³-hybridized carbons (Fsp3) is 0.231. The summed E-state index contributed by atoms with van der Waals surface area (Å²) in [6.07, 6.45) is 3.55. The summed E-state index contributed by atoms with van der Waals surface area (Å²) < 4.78 is 8.02. The van der Waals surface area contributed by atoms with Gasteiger partial charge < -0.3 is 19.2 Å². The number of rotatable bonds is 5. The van der Waals surface area contributed by atoms with Crippen molar-refractivity contribution in [2.45, 2.75) is 39.4 Å². The lowest BCUT2D eigenvalue weighted by Gasteiger charge is -2.28. The number of nitrogens with zero attached hydrogens (tertiary/aromatic N) is 3. The summed E-state index contributed by atoms with van der Waals surface area (Å²) in [4.78, 5) is 6.90. The predicted molar refractivity (Wildman–Crippen MR) is 130 cm³/mol. The molecule has 2 unspecified atom stereocenters. The lowest BCUT2D eigenvalue weighted by molar-refractivity contribution is 0.285. The molecule has 0 amide bonds. The van der Waals surface area contributed by atoms with Crippen LogP contribution in [-0.2, 0) is 6.54 Å². The Hall–Kier alpha value is -3.38. The zero-order chi connectivity index (χ0) is 22.2. The van der Waals surface area contributed by atoms with Crippen LogP contribution in [0.15, 0.2) is 77.5 Å². The fourth-order valence-electron chi connectivity index (χ4n) is 4.87. The van der Waals surface area contributed by atoms with Gasteiger partial charge in [0.15, 0.2) is 5.11 Å². The highest BCUT2D eigenvalue weighted by Crippen LogP contribution is 2.44. The van der Waals surface area contributed by atoms with Crippen LogP contribution in [0.4, 0.5) is 0 Å². The summed E-state index contributed by atoms with van der Waals surface area (Å²) in [5.74, 6) is 0.885. The standard InChI is InChI=1S/C26H26N4OS/c1-17-18(2)30(20-10-5-4-6-11-20)19(3)23(17)25-24(22-13-7-8-14-27-22)28-26(32)29(25)16-21-12-9-15-31-21/h4-15,24-25H,16H2,1-3H3,(H,28,32). The first-order valence-electron chi connectivity index (χ1n) is 10.8. The van der Waals surface area contributed by atoms with Gasteiger partial charge in [0.05, 0.1) is 30.6 Å². The lowest BCUT2D eigenvalue weighted by atomic mass is 9.93. The first kappa shape index (κ1) is 20.5. The van der Waals surface area contributed by atoms with E-state index < -0.39 is 0 Å². The molecule has 0 aliphatic carbocycles. The summed E-state index contributed by atoms with van der Waals surface area (Å²) in [6, 6.07) is 20.4. The molecule has 1 aromatic carbocycles. The van der Waals surface area contributed by atoms with E-state index in [4.69, 9.17) is 16.6 Å². The van der Waals surface area contributed by atoms with Gasteiger partial charge in [0, 0.05) is 28.8 Å². The van der Waals surface area contributed by atoms with Crippen molar-refractivity contribution < 1.29 is 4.42 Å². The van der Waals surface area contributed by atoms with Crippen molar-refractivity contribution in [1.82, 2.24) is 19.8 Å². The van der Waals surface area contributed by atoms with Gasteiger partial charge >= 0.3 is 0 Å². The highest BCUT2D eigenvalue weighted by Gasteiger charge is 2.42.